The molecule has 0 radical (unpaired) electrons. The number of amides is 1. The third kappa shape index (κ3) is 6.50. The second-order valence-electron chi connectivity index (χ2n) is 7.10. The van der Waals surface area contributed by atoms with E-state index in [1.165, 1.54) is 38.5 Å². The second-order valence-corrected chi connectivity index (χ2v) is 8.67. The highest BCUT2D eigenvalue weighted by Gasteiger charge is 2.15. The fourth-order valence-electron chi connectivity index (χ4n) is 3.52. The van der Waals surface area contributed by atoms with E-state index in [-0.39, 0.29) is 12.3 Å². The van der Waals surface area contributed by atoms with Gasteiger partial charge < -0.3 is 20.1 Å². The van der Waals surface area contributed by atoms with E-state index >= 15 is 0 Å². The van der Waals surface area contributed by atoms with Gasteiger partial charge in [0.25, 0.3) is 0 Å². The maximum Gasteiger partial charge on any atom is 0.220 e. The van der Waals surface area contributed by atoms with Crippen LogP contribution in [0.25, 0.3) is 0 Å². The highest BCUT2D eigenvalue weighted by atomic mass is 32.2. The van der Waals surface area contributed by atoms with Gasteiger partial charge in [0, 0.05) is 42.3 Å². The van der Waals surface area contributed by atoms with Gasteiger partial charge in [-0.25, -0.2) is 0 Å². The predicted molar refractivity (Wildman–Crippen MR) is 106 cm³/mol. The van der Waals surface area contributed by atoms with Crippen LogP contribution in [0.5, 0.6) is 11.5 Å². The van der Waals surface area contributed by atoms with E-state index in [4.69, 9.17) is 9.47 Å². The van der Waals surface area contributed by atoms with Crippen molar-refractivity contribution in [2.75, 3.05) is 32.1 Å². The fourth-order valence-corrected chi connectivity index (χ4v) is 4.58. The van der Waals surface area contributed by atoms with Gasteiger partial charge in [0.05, 0.1) is 10.8 Å². The molecule has 1 fully saturated rings. The lowest BCUT2D eigenvalue weighted by Gasteiger charge is -2.18. The smallest absolute Gasteiger partial charge is 0.220 e. The van der Waals surface area contributed by atoms with E-state index < -0.39 is 10.8 Å². The van der Waals surface area contributed by atoms with Gasteiger partial charge in [-0.1, -0.05) is 25.7 Å². The minimum Gasteiger partial charge on any atom is -0.486 e. The number of ether oxygens (including phenoxy) is 2. The van der Waals surface area contributed by atoms with E-state index in [2.05, 4.69) is 10.6 Å². The molecule has 6 nitrogen and oxygen atoms in total. The Labute approximate surface area is 163 Å². The minimum atomic E-state index is -1.23. The van der Waals surface area contributed by atoms with Crippen molar-refractivity contribution in [3.63, 3.8) is 0 Å². The molecule has 1 aliphatic carbocycles. The lowest BCUT2D eigenvalue weighted by atomic mass is 10.1. The highest BCUT2D eigenvalue weighted by Crippen LogP contribution is 2.31. The number of hydrogen-bond acceptors (Lipinski definition) is 5. The van der Waals surface area contributed by atoms with Gasteiger partial charge >= 0.3 is 0 Å². The first kappa shape index (κ1) is 20.1. The first-order valence-electron chi connectivity index (χ1n) is 10.0. The summed E-state index contributed by atoms with van der Waals surface area (Å²) < 4.78 is 23.4. The summed E-state index contributed by atoms with van der Waals surface area (Å²) in [6, 6.07) is 5.89. The first-order chi connectivity index (χ1) is 13.2. The molecule has 3 rings (SSSR count). The van der Waals surface area contributed by atoms with Crippen molar-refractivity contribution < 1.29 is 18.5 Å². The lowest BCUT2D eigenvalue weighted by Crippen LogP contribution is -2.37. The van der Waals surface area contributed by atoms with Gasteiger partial charge in [0.15, 0.2) is 11.5 Å². The molecule has 1 aromatic carbocycles. The molecular formula is C20H30N2O4S. The molecule has 1 atom stereocenters. The lowest BCUT2D eigenvalue weighted by molar-refractivity contribution is -0.120. The van der Waals surface area contributed by atoms with Crippen molar-refractivity contribution in [1.29, 1.82) is 0 Å². The number of carbonyl (C=O) groups is 1. The molecule has 7 heteroatoms. The van der Waals surface area contributed by atoms with Crippen LogP contribution in [0.15, 0.2) is 23.1 Å². The molecule has 0 bridgehead atoms. The van der Waals surface area contributed by atoms with Gasteiger partial charge in [0.2, 0.25) is 5.91 Å². The zero-order valence-corrected chi connectivity index (χ0v) is 16.7. The summed E-state index contributed by atoms with van der Waals surface area (Å²) in [5.41, 5.74) is 0. The molecule has 150 valence electrons. The summed E-state index contributed by atoms with van der Waals surface area (Å²) >= 11 is 0. The van der Waals surface area contributed by atoms with E-state index in [9.17, 15) is 9.00 Å². The molecule has 1 unspecified atom stereocenters. The van der Waals surface area contributed by atoms with E-state index in [1.54, 1.807) is 18.2 Å². The summed E-state index contributed by atoms with van der Waals surface area (Å²) in [7, 11) is -1.23. The molecule has 1 amide bonds. The van der Waals surface area contributed by atoms with E-state index in [1.807, 2.05) is 0 Å². The Morgan fingerprint density at radius 1 is 1.04 bits per heavy atom. The number of nitrogens with one attached hydrogen (secondary N) is 2. The Morgan fingerprint density at radius 2 is 1.78 bits per heavy atom. The van der Waals surface area contributed by atoms with Crippen molar-refractivity contribution in [1.82, 2.24) is 10.6 Å². The molecule has 0 spiro atoms. The number of hydrogen-bond donors (Lipinski definition) is 2. The third-order valence-corrected chi connectivity index (χ3v) is 6.38. The summed E-state index contributed by atoms with van der Waals surface area (Å²) in [6.07, 6.45) is 8.02. The number of rotatable bonds is 8. The number of fused-ring (bicyclic) bond motifs is 1. The van der Waals surface area contributed by atoms with Gasteiger partial charge in [-0.3, -0.25) is 9.00 Å². The predicted octanol–water partition coefficient (Wildman–Crippen LogP) is 2.38. The summed E-state index contributed by atoms with van der Waals surface area (Å²) in [4.78, 5) is 12.7. The Kier molecular flexibility index (Phi) is 7.95. The van der Waals surface area contributed by atoms with Crippen LogP contribution in [0.4, 0.5) is 0 Å². The molecule has 2 N–H and O–H groups in total. The van der Waals surface area contributed by atoms with Crippen LogP contribution in [-0.4, -0.2) is 48.2 Å². The molecule has 1 saturated carbocycles. The van der Waals surface area contributed by atoms with Gasteiger partial charge in [-0.05, 0) is 25.0 Å². The average molecular weight is 395 g/mol. The molecule has 1 heterocycles. The van der Waals surface area contributed by atoms with Crippen LogP contribution in [0, 0.1) is 0 Å². The second kappa shape index (κ2) is 10.7. The van der Waals surface area contributed by atoms with Crippen LogP contribution in [0.3, 0.4) is 0 Å². The highest BCUT2D eigenvalue weighted by molar-refractivity contribution is 7.85. The van der Waals surface area contributed by atoms with Crippen LogP contribution in [-0.2, 0) is 15.6 Å². The fraction of sp³-hybridized carbons (Fsp3) is 0.650. The summed E-state index contributed by atoms with van der Waals surface area (Å²) in [6.45, 7) is 2.44. The van der Waals surface area contributed by atoms with Crippen molar-refractivity contribution in [2.24, 2.45) is 0 Å². The van der Waals surface area contributed by atoms with Crippen molar-refractivity contribution in [2.45, 2.75) is 55.9 Å². The molecule has 0 aromatic heterocycles. The molecule has 1 aliphatic heterocycles. The minimum absolute atomic E-state index is 0.0523. The van der Waals surface area contributed by atoms with Crippen LogP contribution in [0.1, 0.15) is 44.9 Å². The Morgan fingerprint density at radius 3 is 2.56 bits per heavy atom. The van der Waals surface area contributed by atoms with Crippen LogP contribution >= 0.6 is 0 Å². The standard InChI is InChI=1S/C20H30N2O4S/c23-20(22-11-10-21-16-5-3-1-2-4-6-16)9-14-27(24)17-7-8-18-19(15-17)26-13-12-25-18/h7-8,15-16,21H,1-6,9-14H2,(H,22,23). The van der Waals surface area contributed by atoms with Crippen molar-refractivity contribution >= 4 is 16.7 Å². The normalized spacial score (nSPS) is 18.5. The van der Waals surface area contributed by atoms with Crippen LogP contribution < -0.4 is 20.1 Å². The van der Waals surface area contributed by atoms with Gasteiger partial charge in [0.1, 0.15) is 13.2 Å². The van der Waals surface area contributed by atoms with E-state index in [0.29, 0.717) is 47.9 Å². The topological polar surface area (TPSA) is 76.7 Å². The SMILES string of the molecule is O=C(CCS(=O)c1ccc2c(c1)OCCO2)NCCNC1CCCCCC1. The zero-order chi connectivity index (χ0) is 18.9. The molecule has 0 saturated heterocycles. The first-order valence-corrected chi connectivity index (χ1v) is 11.3. The Balaban J connectivity index is 1.33. The average Bonchev–Trinajstić information content (AvgIpc) is 2.98. The zero-order valence-electron chi connectivity index (χ0n) is 15.8. The van der Waals surface area contributed by atoms with Gasteiger partial charge in [-0.15, -0.1) is 0 Å². The van der Waals surface area contributed by atoms with Crippen molar-refractivity contribution in [3.05, 3.63) is 18.2 Å². The molecular weight excluding hydrogens is 364 g/mol. The third-order valence-electron chi connectivity index (χ3n) is 5.03. The quantitative estimate of drug-likeness (QED) is 0.523. The Bertz CT molecular complexity index is 645. The van der Waals surface area contributed by atoms with E-state index in [0.717, 1.165) is 6.54 Å². The number of carbonyl (C=O) groups excluding carboxylic acids is 1. The molecule has 2 aliphatic rings. The maximum atomic E-state index is 12.4. The van der Waals surface area contributed by atoms with Gasteiger partial charge in [-0.2, -0.15) is 0 Å². The largest absolute Gasteiger partial charge is 0.486 e. The van der Waals surface area contributed by atoms with Crippen LogP contribution in [0.2, 0.25) is 0 Å². The summed E-state index contributed by atoms with van der Waals surface area (Å²) in [5, 5.41) is 6.45. The molecule has 1 aromatic rings. The Hall–Kier alpha value is -1.60. The maximum absolute atomic E-state index is 12.4. The molecule has 27 heavy (non-hydrogen) atoms. The van der Waals surface area contributed by atoms with Crippen molar-refractivity contribution in [3.8, 4) is 11.5 Å². The summed E-state index contributed by atoms with van der Waals surface area (Å²) in [5.74, 6) is 1.56. The number of benzene rings is 1. The monoisotopic (exact) mass is 394 g/mol.